The van der Waals surface area contributed by atoms with Crippen molar-refractivity contribution in [1.29, 1.82) is 0 Å². The quantitative estimate of drug-likeness (QED) is 0.602. The normalized spacial score (nSPS) is 13.0. The highest BCUT2D eigenvalue weighted by molar-refractivity contribution is 5.18. The van der Waals surface area contributed by atoms with Crippen LogP contribution in [0.1, 0.15) is 63.5 Å². The molecule has 2 unspecified atom stereocenters. The fourth-order valence-corrected chi connectivity index (χ4v) is 2.03. The molecule has 0 bridgehead atoms. The van der Waals surface area contributed by atoms with Gasteiger partial charge in [-0.2, -0.15) is 0 Å². The van der Waals surface area contributed by atoms with Crippen LogP contribution in [0.3, 0.4) is 0 Å². The Morgan fingerprint density at radius 3 is 1.15 bits per heavy atom. The van der Waals surface area contributed by atoms with Crippen LogP contribution in [0.15, 0.2) is 60.7 Å². The number of hydrogen-bond acceptors (Lipinski definition) is 0. The van der Waals surface area contributed by atoms with Crippen LogP contribution in [0.5, 0.6) is 0 Å². The summed E-state index contributed by atoms with van der Waals surface area (Å²) in [5, 5.41) is 0. The number of hydrogen-bond donors (Lipinski definition) is 0. The molecule has 0 heterocycles. The molecule has 0 radical (unpaired) electrons. The maximum atomic E-state index is 2.26. The predicted molar refractivity (Wildman–Crippen MR) is 90.3 cm³/mol. The summed E-state index contributed by atoms with van der Waals surface area (Å²) in [6.45, 7) is 8.96. The minimum absolute atomic E-state index is 0.709. The summed E-state index contributed by atoms with van der Waals surface area (Å²) in [4.78, 5) is 0. The molecule has 0 saturated heterocycles. The molecule has 20 heavy (non-hydrogen) atoms. The van der Waals surface area contributed by atoms with E-state index in [1.165, 1.54) is 24.0 Å². The van der Waals surface area contributed by atoms with Crippen LogP contribution < -0.4 is 0 Å². The third-order valence-corrected chi connectivity index (χ3v) is 3.96. The van der Waals surface area contributed by atoms with E-state index in [1.807, 2.05) is 0 Å². The highest BCUT2D eigenvalue weighted by Gasteiger charge is 1.99. The highest BCUT2D eigenvalue weighted by atomic mass is 14.0. The molecule has 0 heteroatoms. The maximum Gasteiger partial charge on any atom is -0.0193 e. The van der Waals surface area contributed by atoms with Gasteiger partial charge in [0.25, 0.3) is 0 Å². The predicted octanol–water partition coefficient (Wildman–Crippen LogP) is 6.40. The van der Waals surface area contributed by atoms with E-state index in [0.717, 1.165) is 0 Å². The molecule has 108 valence electrons. The van der Waals surface area contributed by atoms with Crippen LogP contribution in [0, 0.1) is 0 Å². The van der Waals surface area contributed by atoms with Gasteiger partial charge >= 0.3 is 0 Å². The van der Waals surface area contributed by atoms with Crippen molar-refractivity contribution in [3.05, 3.63) is 71.8 Å². The molecule has 2 atom stereocenters. The largest absolute Gasteiger partial charge is 0.0648 e. The molecule has 2 rings (SSSR count). The van der Waals surface area contributed by atoms with E-state index in [9.17, 15) is 0 Å². The zero-order chi connectivity index (χ0) is 14.8. The molecular weight excluding hydrogens is 240 g/mol. The summed E-state index contributed by atoms with van der Waals surface area (Å²) in [5.74, 6) is 1.42. The van der Waals surface area contributed by atoms with Gasteiger partial charge in [0.2, 0.25) is 0 Å². The summed E-state index contributed by atoms with van der Waals surface area (Å²) >= 11 is 0. The Balaban J connectivity index is 0.000000200. The Labute approximate surface area is 124 Å². The van der Waals surface area contributed by atoms with Crippen LogP contribution in [0.4, 0.5) is 0 Å². The summed E-state index contributed by atoms with van der Waals surface area (Å²) in [5.41, 5.74) is 2.90. The number of benzene rings is 2. The molecular formula is C20H28. The molecule has 0 fully saturated rings. The molecule has 0 aromatic heterocycles. The first-order valence-electron chi connectivity index (χ1n) is 7.78. The molecule has 0 aliphatic carbocycles. The van der Waals surface area contributed by atoms with Gasteiger partial charge in [-0.1, -0.05) is 88.4 Å². The van der Waals surface area contributed by atoms with Gasteiger partial charge in [0.05, 0.1) is 0 Å². The SMILES string of the molecule is CCC(C)c1ccccc1.CCC(C)c1ccccc1. The van der Waals surface area contributed by atoms with E-state index in [-0.39, 0.29) is 0 Å². The minimum atomic E-state index is 0.709. The van der Waals surface area contributed by atoms with Gasteiger partial charge in [-0.25, -0.2) is 0 Å². The summed E-state index contributed by atoms with van der Waals surface area (Å²) in [6.07, 6.45) is 2.45. The van der Waals surface area contributed by atoms with Crippen molar-refractivity contribution in [3.63, 3.8) is 0 Å². The van der Waals surface area contributed by atoms with Crippen LogP contribution in [0.25, 0.3) is 0 Å². The Kier molecular flexibility index (Phi) is 7.72. The average Bonchev–Trinajstić information content (AvgIpc) is 2.55. The van der Waals surface area contributed by atoms with Crippen molar-refractivity contribution >= 4 is 0 Å². The van der Waals surface area contributed by atoms with Crippen LogP contribution in [-0.2, 0) is 0 Å². The van der Waals surface area contributed by atoms with E-state index in [2.05, 4.69) is 88.4 Å². The molecule has 0 N–H and O–H groups in total. The van der Waals surface area contributed by atoms with Crippen LogP contribution in [-0.4, -0.2) is 0 Å². The topological polar surface area (TPSA) is 0 Å². The van der Waals surface area contributed by atoms with Gasteiger partial charge in [0.1, 0.15) is 0 Å². The Hall–Kier alpha value is -1.56. The lowest BCUT2D eigenvalue weighted by atomic mass is 9.99. The Morgan fingerprint density at radius 1 is 0.600 bits per heavy atom. The first-order chi connectivity index (χ1) is 9.69. The zero-order valence-electron chi connectivity index (χ0n) is 13.3. The van der Waals surface area contributed by atoms with E-state index < -0.39 is 0 Å². The molecule has 0 aliphatic rings. The molecule has 0 nitrogen and oxygen atoms in total. The monoisotopic (exact) mass is 268 g/mol. The second-order valence-electron chi connectivity index (χ2n) is 5.44. The van der Waals surface area contributed by atoms with Crippen molar-refractivity contribution in [2.24, 2.45) is 0 Å². The third-order valence-electron chi connectivity index (χ3n) is 3.96. The molecule has 0 amide bonds. The lowest BCUT2D eigenvalue weighted by molar-refractivity contribution is 0.733. The minimum Gasteiger partial charge on any atom is -0.0648 e. The second-order valence-corrected chi connectivity index (χ2v) is 5.44. The van der Waals surface area contributed by atoms with Crippen LogP contribution in [0.2, 0.25) is 0 Å². The van der Waals surface area contributed by atoms with Gasteiger partial charge in [-0.15, -0.1) is 0 Å². The Morgan fingerprint density at radius 2 is 0.900 bits per heavy atom. The van der Waals surface area contributed by atoms with Crippen molar-refractivity contribution < 1.29 is 0 Å². The van der Waals surface area contributed by atoms with Gasteiger partial charge in [-0.05, 0) is 35.8 Å². The fraction of sp³-hybridized carbons (Fsp3) is 0.400. The standard InChI is InChI=1S/2C10H14/c2*1-3-9(2)10-7-5-4-6-8-10/h2*4-9H,3H2,1-2H3. The summed E-state index contributed by atoms with van der Waals surface area (Å²) in [7, 11) is 0. The lowest BCUT2D eigenvalue weighted by Gasteiger charge is -2.06. The number of rotatable bonds is 4. The highest BCUT2D eigenvalue weighted by Crippen LogP contribution is 2.17. The van der Waals surface area contributed by atoms with E-state index in [4.69, 9.17) is 0 Å². The molecule has 0 aliphatic heterocycles. The molecule has 2 aromatic rings. The Bertz CT molecular complexity index is 398. The smallest absolute Gasteiger partial charge is 0.0193 e. The molecule has 2 aromatic carbocycles. The van der Waals surface area contributed by atoms with Crippen molar-refractivity contribution in [2.75, 3.05) is 0 Å². The fourth-order valence-electron chi connectivity index (χ4n) is 2.03. The third kappa shape index (κ3) is 5.61. The summed E-state index contributed by atoms with van der Waals surface area (Å²) in [6, 6.07) is 21.3. The summed E-state index contributed by atoms with van der Waals surface area (Å²) < 4.78 is 0. The molecule has 0 saturated carbocycles. The lowest BCUT2D eigenvalue weighted by Crippen LogP contribution is -1.88. The van der Waals surface area contributed by atoms with Crippen molar-refractivity contribution in [2.45, 2.75) is 52.4 Å². The van der Waals surface area contributed by atoms with Gasteiger partial charge in [0.15, 0.2) is 0 Å². The van der Waals surface area contributed by atoms with Gasteiger partial charge in [0, 0.05) is 0 Å². The van der Waals surface area contributed by atoms with Crippen LogP contribution >= 0.6 is 0 Å². The van der Waals surface area contributed by atoms with Gasteiger partial charge in [-0.3, -0.25) is 0 Å². The van der Waals surface area contributed by atoms with E-state index >= 15 is 0 Å². The van der Waals surface area contributed by atoms with Gasteiger partial charge < -0.3 is 0 Å². The average molecular weight is 268 g/mol. The van der Waals surface area contributed by atoms with Crippen molar-refractivity contribution in [1.82, 2.24) is 0 Å². The van der Waals surface area contributed by atoms with E-state index in [1.54, 1.807) is 0 Å². The second kappa shape index (κ2) is 9.36. The zero-order valence-corrected chi connectivity index (χ0v) is 13.3. The molecule has 0 spiro atoms. The van der Waals surface area contributed by atoms with E-state index in [0.29, 0.717) is 11.8 Å². The first kappa shape index (κ1) is 16.5. The van der Waals surface area contributed by atoms with Crippen molar-refractivity contribution in [3.8, 4) is 0 Å². The first-order valence-corrected chi connectivity index (χ1v) is 7.78. The maximum absolute atomic E-state index is 2.26.